The lowest BCUT2D eigenvalue weighted by Crippen LogP contribution is -2.38. The van der Waals surface area contributed by atoms with Gasteiger partial charge in [0, 0.05) is 11.5 Å². The van der Waals surface area contributed by atoms with Crippen LogP contribution in [0.2, 0.25) is 0 Å². The van der Waals surface area contributed by atoms with Crippen molar-refractivity contribution < 1.29 is 0 Å². The molecule has 0 bridgehead atoms. The first-order chi connectivity index (χ1) is 10.3. The first-order valence-corrected chi connectivity index (χ1v) is 8.06. The van der Waals surface area contributed by atoms with Gasteiger partial charge in [0.2, 0.25) is 0 Å². The van der Waals surface area contributed by atoms with Crippen molar-refractivity contribution in [2.24, 2.45) is 0 Å². The summed E-state index contributed by atoms with van der Waals surface area (Å²) in [5, 5.41) is 3.64. The van der Waals surface area contributed by atoms with Crippen LogP contribution in [0.15, 0.2) is 54.6 Å². The molecule has 1 aliphatic carbocycles. The lowest BCUT2D eigenvalue weighted by atomic mass is 9.70. The van der Waals surface area contributed by atoms with Gasteiger partial charge in [-0.1, -0.05) is 67.4 Å². The second-order valence-electron chi connectivity index (χ2n) is 6.31. The zero-order chi connectivity index (χ0) is 14.7. The molecule has 1 fully saturated rings. The molecule has 1 heteroatoms. The summed E-state index contributed by atoms with van der Waals surface area (Å²) in [5.41, 5.74) is 4.57. The Kier molecular flexibility index (Phi) is 4.12. The van der Waals surface area contributed by atoms with Crippen molar-refractivity contribution in [3.63, 3.8) is 0 Å². The number of hydrogen-bond donors (Lipinski definition) is 1. The first-order valence-electron chi connectivity index (χ1n) is 8.06. The molecule has 0 saturated heterocycles. The van der Waals surface area contributed by atoms with Gasteiger partial charge in [0.15, 0.2) is 0 Å². The third-order valence-corrected chi connectivity index (χ3v) is 5.19. The molecule has 1 unspecified atom stereocenters. The van der Waals surface area contributed by atoms with E-state index < -0.39 is 0 Å². The van der Waals surface area contributed by atoms with Crippen LogP contribution in [0.3, 0.4) is 0 Å². The predicted molar refractivity (Wildman–Crippen MR) is 89.6 cm³/mol. The monoisotopic (exact) mass is 279 g/mol. The molecular formula is C20H25N. The van der Waals surface area contributed by atoms with Crippen molar-refractivity contribution in [3.8, 4) is 0 Å². The van der Waals surface area contributed by atoms with Crippen molar-refractivity contribution in [2.45, 2.75) is 44.1 Å². The van der Waals surface area contributed by atoms with Gasteiger partial charge in [-0.3, -0.25) is 0 Å². The fraction of sp³-hybridized carbons (Fsp3) is 0.400. The molecule has 21 heavy (non-hydrogen) atoms. The maximum atomic E-state index is 3.64. The van der Waals surface area contributed by atoms with Crippen molar-refractivity contribution in [1.82, 2.24) is 5.32 Å². The maximum Gasteiger partial charge on any atom is 0.0418 e. The van der Waals surface area contributed by atoms with E-state index in [0.29, 0.717) is 6.04 Å². The zero-order valence-electron chi connectivity index (χ0n) is 13.1. The van der Waals surface area contributed by atoms with Crippen LogP contribution in [-0.2, 0) is 5.41 Å². The topological polar surface area (TPSA) is 12.0 Å². The summed E-state index contributed by atoms with van der Waals surface area (Å²) in [6, 6.07) is 20.3. The van der Waals surface area contributed by atoms with Crippen LogP contribution in [0.25, 0.3) is 0 Å². The van der Waals surface area contributed by atoms with E-state index in [2.05, 4.69) is 73.9 Å². The molecular weight excluding hydrogens is 254 g/mol. The highest BCUT2D eigenvalue weighted by Crippen LogP contribution is 2.49. The Labute approximate surface area is 128 Å². The third-order valence-electron chi connectivity index (χ3n) is 5.19. The van der Waals surface area contributed by atoms with Gasteiger partial charge in [0.25, 0.3) is 0 Å². The van der Waals surface area contributed by atoms with Crippen LogP contribution in [0.5, 0.6) is 0 Å². The van der Waals surface area contributed by atoms with E-state index in [-0.39, 0.29) is 5.41 Å². The fourth-order valence-electron chi connectivity index (χ4n) is 4.16. The van der Waals surface area contributed by atoms with Crippen LogP contribution in [0, 0.1) is 6.92 Å². The molecule has 0 amide bonds. The van der Waals surface area contributed by atoms with Gasteiger partial charge in [-0.2, -0.15) is 0 Å². The second kappa shape index (κ2) is 6.03. The molecule has 1 aliphatic rings. The van der Waals surface area contributed by atoms with Crippen molar-refractivity contribution >= 4 is 0 Å². The molecule has 1 N–H and O–H groups in total. The molecule has 0 spiro atoms. The van der Waals surface area contributed by atoms with E-state index in [0.717, 1.165) is 0 Å². The highest BCUT2D eigenvalue weighted by Gasteiger charge is 2.43. The first kappa shape index (κ1) is 14.3. The van der Waals surface area contributed by atoms with Crippen molar-refractivity contribution in [3.05, 3.63) is 71.3 Å². The highest BCUT2D eigenvalue weighted by molar-refractivity contribution is 5.38. The molecule has 1 nitrogen and oxygen atoms in total. The van der Waals surface area contributed by atoms with Crippen LogP contribution in [-0.4, -0.2) is 7.05 Å². The summed E-state index contributed by atoms with van der Waals surface area (Å²) < 4.78 is 0. The number of likely N-dealkylation sites (N-methyl/N-ethyl adjacent to an activating group) is 1. The normalized spacial score (nSPS) is 18.6. The van der Waals surface area contributed by atoms with Crippen LogP contribution in [0.4, 0.5) is 0 Å². The lowest BCUT2D eigenvalue weighted by Gasteiger charge is -2.39. The average Bonchev–Trinajstić information content (AvgIpc) is 3.01. The molecule has 0 aromatic heterocycles. The van der Waals surface area contributed by atoms with Gasteiger partial charge < -0.3 is 5.32 Å². The quantitative estimate of drug-likeness (QED) is 0.850. The van der Waals surface area contributed by atoms with Gasteiger partial charge in [-0.05, 0) is 43.5 Å². The Bertz CT molecular complexity index is 582. The van der Waals surface area contributed by atoms with E-state index in [1.807, 2.05) is 0 Å². The Morgan fingerprint density at radius 2 is 1.52 bits per heavy atom. The summed E-state index contributed by atoms with van der Waals surface area (Å²) in [6.07, 6.45) is 5.21. The summed E-state index contributed by atoms with van der Waals surface area (Å²) in [7, 11) is 2.11. The van der Waals surface area contributed by atoms with E-state index in [9.17, 15) is 0 Å². The molecule has 1 saturated carbocycles. The summed E-state index contributed by atoms with van der Waals surface area (Å²) >= 11 is 0. The standard InChI is InChI=1S/C20H25N/c1-16-10-6-7-13-18(16)19(21-2)20(14-8-9-15-20)17-11-4-3-5-12-17/h3-7,10-13,19,21H,8-9,14-15H2,1-2H3. The van der Waals surface area contributed by atoms with Gasteiger partial charge in [-0.15, -0.1) is 0 Å². The lowest BCUT2D eigenvalue weighted by molar-refractivity contribution is 0.315. The van der Waals surface area contributed by atoms with Crippen LogP contribution >= 0.6 is 0 Å². The minimum atomic E-state index is 0.238. The second-order valence-corrected chi connectivity index (χ2v) is 6.31. The van der Waals surface area contributed by atoms with Crippen molar-refractivity contribution in [1.29, 1.82) is 0 Å². The maximum absolute atomic E-state index is 3.64. The molecule has 110 valence electrons. The minimum absolute atomic E-state index is 0.238. The Hall–Kier alpha value is -1.60. The Morgan fingerprint density at radius 1 is 0.905 bits per heavy atom. The SMILES string of the molecule is CNC(c1ccccc1C)C1(c2ccccc2)CCCC1. The third kappa shape index (κ3) is 2.51. The molecule has 3 rings (SSSR count). The van der Waals surface area contributed by atoms with Gasteiger partial charge >= 0.3 is 0 Å². The molecule has 0 aliphatic heterocycles. The van der Waals surface area contributed by atoms with E-state index in [4.69, 9.17) is 0 Å². The number of hydrogen-bond acceptors (Lipinski definition) is 1. The molecule has 2 aromatic rings. The smallest absolute Gasteiger partial charge is 0.0418 e. The van der Waals surface area contributed by atoms with Crippen LogP contribution in [0.1, 0.15) is 48.4 Å². The largest absolute Gasteiger partial charge is 0.312 e. The summed E-state index contributed by atoms with van der Waals surface area (Å²) in [5.74, 6) is 0. The minimum Gasteiger partial charge on any atom is -0.312 e. The average molecular weight is 279 g/mol. The fourth-order valence-corrected chi connectivity index (χ4v) is 4.16. The van der Waals surface area contributed by atoms with Gasteiger partial charge in [0.1, 0.15) is 0 Å². The van der Waals surface area contributed by atoms with E-state index in [1.54, 1.807) is 0 Å². The molecule has 0 heterocycles. The summed E-state index contributed by atoms with van der Waals surface area (Å²) in [6.45, 7) is 2.23. The van der Waals surface area contributed by atoms with Gasteiger partial charge in [-0.25, -0.2) is 0 Å². The van der Waals surface area contributed by atoms with E-state index in [1.165, 1.54) is 42.4 Å². The number of aryl methyl sites for hydroxylation is 1. The van der Waals surface area contributed by atoms with Crippen LogP contribution < -0.4 is 5.32 Å². The Balaban J connectivity index is 2.10. The van der Waals surface area contributed by atoms with E-state index >= 15 is 0 Å². The number of rotatable bonds is 4. The molecule has 2 aromatic carbocycles. The summed E-state index contributed by atoms with van der Waals surface area (Å²) in [4.78, 5) is 0. The number of benzene rings is 2. The predicted octanol–water partition coefficient (Wildman–Crippen LogP) is 4.77. The van der Waals surface area contributed by atoms with Gasteiger partial charge in [0.05, 0.1) is 0 Å². The number of nitrogens with one attached hydrogen (secondary N) is 1. The molecule has 1 atom stereocenters. The zero-order valence-corrected chi connectivity index (χ0v) is 13.1. The molecule has 0 radical (unpaired) electrons. The highest BCUT2D eigenvalue weighted by atomic mass is 14.9. The van der Waals surface area contributed by atoms with Crippen molar-refractivity contribution in [2.75, 3.05) is 7.05 Å². The Morgan fingerprint density at radius 3 is 2.14 bits per heavy atom.